The van der Waals surface area contributed by atoms with Gasteiger partial charge in [0, 0.05) is 0 Å². The van der Waals surface area contributed by atoms with E-state index in [0.717, 1.165) is 5.56 Å². The first-order chi connectivity index (χ1) is 18.1. The van der Waals surface area contributed by atoms with Crippen molar-refractivity contribution in [2.24, 2.45) is 0 Å². The van der Waals surface area contributed by atoms with Crippen LogP contribution in [-0.4, -0.2) is 69.1 Å². The van der Waals surface area contributed by atoms with E-state index in [1.165, 1.54) is 10.9 Å². The lowest BCUT2D eigenvalue weighted by Crippen LogP contribution is -2.35. The van der Waals surface area contributed by atoms with Crippen molar-refractivity contribution in [3.05, 3.63) is 52.6 Å². The summed E-state index contributed by atoms with van der Waals surface area (Å²) >= 11 is 0. The van der Waals surface area contributed by atoms with Gasteiger partial charge in [0.2, 0.25) is 5.95 Å². The van der Waals surface area contributed by atoms with Crippen molar-refractivity contribution in [1.82, 2.24) is 19.5 Å². The number of hydrogen-bond acceptors (Lipinski definition) is 13. The van der Waals surface area contributed by atoms with Crippen molar-refractivity contribution >= 4 is 40.6 Å². The summed E-state index contributed by atoms with van der Waals surface area (Å²) in [5, 5.41) is 10.9. The molecule has 214 valence electrons. The minimum Gasteiger partial charge on any atom is -0.387 e. The molecule has 39 heavy (non-hydrogen) atoms. The number of phosphoric acid groups is 3. The molecule has 0 saturated carbocycles. The summed E-state index contributed by atoms with van der Waals surface area (Å²) in [6.07, 6.45) is -4.29. The lowest BCUT2D eigenvalue weighted by molar-refractivity contribution is -0.0759. The SMILES string of the molecule is Nc1nc2c(ncn2C2OC(COP(=O)(O)OP(=O)(O)OP(=O)(O)O)C(O)C2OCc2ccccc2)c(=O)[nH]1. The van der Waals surface area contributed by atoms with Gasteiger partial charge < -0.3 is 39.9 Å². The minimum atomic E-state index is -5.75. The Kier molecular flexibility index (Phi) is 8.56. The summed E-state index contributed by atoms with van der Waals surface area (Å²) in [6.45, 7) is -0.969. The standard InChI is InChI=1S/C17H22N5O14P3/c18-17-20-14-11(15(24)21-17)19-8-22(14)16-13(32-6-9-4-2-1-3-5-9)12(23)10(34-16)7-33-38(28,29)36-39(30,31)35-37(25,26)27/h1-5,8,10,12-13,16,23H,6-7H2,(H,28,29)(H,30,31)(H2,25,26,27)(H3,18,20,21,24). The van der Waals surface area contributed by atoms with Crippen molar-refractivity contribution in [3.63, 3.8) is 0 Å². The van der Waals surface area contributed by atoms with E-state index in [0.29, 0.717) is 0 Å². The van der Waals surface area contributed by atoms with Gasteiger partial charge in [-0.1, -0.05) is 30.3 Å². The van der Waals surface area contributed by atoms with Gasteiger partial charge >= 0.3 is 23.5 Å². The molecule has 1 saturated heterocycles. The number of benzene rings is 1. The van der Waals surface area contributed by atoms with Crippen LogP contribution in [0.1, 0.15) is 11.8 Å². The van der Waals surface area contributed by atoms with E-state index in [1.54, 1.807) is 30.3 Å². The number of H-pyrrole nitrogens is 1. The fourth-order valence-corrected chi connectivity index (χ4v) is 6.66. The van der Waals surface area contributed by atoms with E-state index in [9.17, 15) is 33.4 Å². The first-order valence-corrected chi connectivity index (χ1v) is 15.2. The molecule has 8 N–H and O–H groups in total. The van der Waals surface area contributed by atoms with Crippen LogP contribution in [0.4, 0.5) is 5.95 Å². The molecule has 0 aliphatic carbocycles. The molecule has 4 rings (SSSR count). The van der Waals surface area contributed by atoms with Gasteiger partial charge in [-0.05, 0) is 5.56 Å². The molecule has 1 aliphatic heterocycles. The second kappa shape index (κ2) is 11.3. The third-order valence-electron chi connectivity index (χ3n) is 5.14. The highest BCUT2D eigenvalue weighted by Crippen LogP contribution is 2.66. The van der Waals surface area contributed by atoms with Crippen molar-refractivity contribution in [2.45, 2.75) is 31.1 Å². The molecule has 6 unspecified atom stereocenters. The molecule has 1 fully saturated rings. The number of anilines is 1. The highest BCUT2D eigenvalue weighted by Gasteiger charge is 2.48. The average molecular weight is 613 g/mol. The number of aromatic nitrogens is 4. The van der Waals surface area contributed by atoms with E-state index in [-0.39, 0.29) is 23.7 Å². The third kappa shape index (κ3) is 7.45. The number of nitrogens with two attached hydrogens (primary N) is 1. The highest BCUT2D eigenvalue weighted by atomic mass is 31.3. The number of nitrogens with one attached hydrogen (secondary N) is 1. The maximum absolute atomic E-state index is 12.2. The molecule has 6 atom stereocenters. The summed E-state index contributed by atoms with van der Waals surface area (Å²) in [5.41, 5.74) is 5.56. The number of ether oxygens (including phenoxy) is 2. The molecule has 0 amide bonds. The van der Waals surface area contributed by atoms with Crippen LogP contribution in [0.3, 0.4) is 0 Å². The number of nitrogen functional groups attached to an aromatic ring is 1. The average Bonchev–Trinajstić information content (AvgIpc) is 3.35. The lowest BCUT2D eigenvalue weighted by Gasteiger charge is -2.22. The van der Waals surface area contributed by atoms with Crippen LogP contribution < -0.4 is 11.3 Å². The maximum Gasteiger partial charge on any atom is 0.490 e. The van der Waals surface area contributed by atoms with Gasteiger partial charge in [0.05, 0.1) is 19.5 Å². The number of rotatable bonds is 11. The zero-order valence-corrected chi connectivity index (χ0v) is 22.0. The first kappa shape index (κ1) is 29.6. The largest absolute Gasteiger partial charge is 0.490 e. The monoisotopic (exact) mass is 613 g/mol. The number of hydrogen-bond donors (Lipinski definition) is 7. The predicted molar refractivity (Wildman–Crippen MR) is 127 cm³/mol. The topological polar surface area (TPSA) is 288 Å². The Balaban J connectivity index is 1.56. The summed E-state index contributed by atoms with van der Waals surface area (Å²) < 4.78 is 59.3. The number of aliphatic hydroxyl groups is 1. The van der Waals surface area contributed by atoms with Crippen LogP contribution in [-0.2, 0) is 42.9 Å². The van der Waals surface area contributed by atoms with E-state index in [1.807, 2.05) is 0 Å². The normalized spacial score (nSPS) is 24.9. The van der Waals surface area contributed by atoms with E-state index < -0.39 is 60.2 Å². The van der Waals surface area contributed by atoms with Gasteiger partial charge in [-0.25, -0.2) is 18.7 Å². The summed E-state index contributed by atoms with van der Waals surface area (Å²) in [6, 6.07) is 8.79. The maximum atomic E-state index is 12.2. The fourth-order valence-electron chi connectivity index (χ4n) is 3.63. The Labute approximate surface area is 217 Å². The molecule has 19 nitrogen and oxygen atoms in total. The second-order valence-corrected chi connectivity index (χ2v) is 12.4. The Bertz CT molecular complexity index is 1530. The number of nitrogens with zero attached hydrogens (tertiary/aromatic N) is 3. The van der Waals surface area contributed by atoms with Crippen LogP contribution >= 0.6 is 23.5 Å². The number of aromatic amines is 1. The predicted octanol–water partition coefficient (Wildman–Crippen LogP) is -0.111. The lowest BCUT2D eigenvalue weighted by atomic mass is 10.1. The Morgan fingerprint density at radius 1 is 1.08 bits per heavy atom. The molecule has 1 aromatic carbocycles. The van der Waals surface area contributed by atoms with Crippen LogP contribution in [0.15, 0.2) is 41.5 Å². The zero-order valence-electron chi connectivity index (χ0n) is 19.4. The molecule has 3 aromatic rings. The quantitative estimate of drug-likeness (QED) is 0.139. The van der Waals surface area contributed by atoms with E-state index >= 15 is 0 Å². The Morgan fingerprint density at radius 3 is 2.44 bits per heavy atom. The van der Waals surface area contributed by atoms with Crippen molar-refractivity contribution in [1.29, 1.82) is 0 Å². The highest BCUT2D eigenvalue weighted by molar-refractivity contribution is 7.66. The second-order valence-electron chi connectivity index (χ2n) is 7.98. The molecular formula is C17H22N5O14P3. The van der Waals surface area contributed by atoms with Crippen molar-refractivity contribution < 1.29 is 61.0 Å². The van der Waals surface area contributed by atoms with Gasteiger partial charge in [-0.15, -0.1) is 0 Å². The van der Waals surface area contributed by atoms with Crippen LogP contribution in [0.25, 0.3) is 11.2 Å². The number of fused-ring (bicyclic) bond motifs is 1. The van der Waals surface area contributed by atoms with Gasteiger partial charge in [0.15, 0.2) is 17.4 Å². The van der Waals surface area contributed by atoms with E-state index in [2.05, 4.69) is 28.1 Å². The van der Waals surface area contributed by atoms with E-state index in [4.69, 9.17) is 25.0 Å². The van der Waals surface area contributed by atoms with Gasteiger partial charge in [-0.3, -0.25) is 18.9 Å². The summed E-state index contributed by atoms with van der Waals surface area (Å²) in [7, 11) is -16.8. The van der Waals surface area contributed by atoms with Crippen molar-refractivity contribution in [3.8, 4) is 0 Å². The number of phosphoric ester groups is 1. The summed E-state index contributed by atoms with van der Waals surface area (Å²) in [4.78, 5) is 58.8. The molecule has 0 spiro atoms. The van der Waals surface area contributed by atoms with Crippen LogP contribution in [0, 0.1) is 0 Å². The molecule has 0 bridgehead atoms. The number of imidazole rings is 1. The molecule has 1 aliphatic rings. The number of aliphatic hydroxyl groups excluding tert-OH is 1. The molecule has 3 heterocycles. The fraction of sp³-hybridized carbons (Fsp3) is 0.353. The van der Waals surface area contributed by atoms with Crippen LogP contribution in [0.5, 0.6) is 0 Å². The minimum absolute atomic E-state index is 0.0200. The van der Waals surface area contributed by atoms with Gasteiger partial charge in [-0.2, -0.15) is 13.6 Å². The van der Waals surface area contributed by atoms with Crippen LogP contribution in [0.2, 0.25) is 0 Å². The smallest absolute Gasteiger partial charge is 0.387 e. The van der Waals surface area contributed by atoms with Gasteiger partial charge in [0.25, 0.3) is 5.56 Å². The Hall–Kier alpha value is -2.34. The van der Waals surface area contributed by atoms with Gasteiger partial charge in [0.1, 0.15) is 18.3 Å². The van der Waals surface area contributed by atoms with Crippen molar-refractivity contribution in [2.75, 3.05) is 12.3 Å². The third-order valence-corrected chi connectivity index (χ3v) is 8.94. The summed E-state index contributed by atoms with van der Waals surface area (Å²) in [5.74, 6) is -0.237. The molecule has 2 aromatic heterocycles. The molecule has 0 radical (unpaired) electrons. The first-order valence-electron chi connectivity index (χ1n) is 10.6. The Morgan fingerprint density at radius 2 is 1.77 bits per heavy atom. The molecular weight excluding hydrogens is 591 g/mol. The zero-order chi connectivity index (χ0) is 28.6. The molecule has 22 heteroatoms.